The van der Waals surface area contributed by atoms with Crippen molar-refractivity contribution in [3.05, 3.63) is 185 Å². The first kappa shape index (κ1) is 46.2. The van der Waals surface area contributed by atoms with E-state index in [4.69, 9.17) is 0 Å². The van der Waals surface area contributed by atoms with Crippen LogP contribution in [0.2, 0.25) is 0 Å². The first-order chi connectivity index (χ1) is 35.9. The highest BCUT2D eigenvalue weighted by Crippen LogP contribution is 2.62. The van der Waals surface area contributed by atoms with Gasteiger partial charge < -0.3 is 9.71 Å². The number of benzene rings is 8. The summed E-state index contributed by atoms with van der Waals surface area (Å²) in [7, 11) is 0. The Morgan fingerprint density at radius 1 is 0.500 bits per heavy atom. The second-order valence-corrected chi connectivity index (χ2v) is 26.0. The standard InChI is InChI=1S/C69H65BN2S2/c1-9-11-20-42-28-31-45(32-29-42)72-63-48(33-34-52-60(63)51-39-54-55(41-53(51)69(52,7)8)68(5,6)37-36-67(54,3)4)61-62-57(40-50-46-24-16-18-26-58(46)73-65(50)61)71(64-47-25-17-19-27-59(47)74-66(64)70(62)72)56-35-30-43(21-12-10-2)38-49(56)44-22-14-13-15-23-44/h13-19,22-35,38-41H,9-12,20-21,36-37H2,1-8H3. The Hall–Kier alpha value is -6.40. The molecule has 0 bridgehead atoms. The van der Waals surface area contributed by atoms with Crippen molar-refractivity contribution in [1.29, 1.82) is 0 Å². The van der Waals surface area contributed by atoms with Crippen molar-refractivity contribution in [2.24, 2.45) is 0 Å². The van der Waals surface area contributed by atoms with E-state index in [1.54, 1.807) is 5.56 Å². The zero-order valence-corrected chi connectivity index (χ0v) is 46.0. The van der Waals surface area contributed by atoms with E-state index < -0.39 is 0 Å². The van der Waals surface area contributed by atoms with Crippen molar-refractivity contribution in [2.45, 2.75) is 123 Å². The van der Waals surface area contributed by atoms with E-state index >= 15 is 0 Å². The van der Waals surface area contributed by atoms with Gasteiger partial charge in [0, 0.05) is 79.8 Å². The van der Waals surface area contributed by atoms with Crippen LogP contribution in [-0.2, 0) is 29.1 Å². The lowest BCUT2D eigenvalue weighted by atomic mass is 9.46. The molecule has 4 aliphatic rings. The summed E-state index contributed by atoms with van der Waals surface area (Å²) >= 11 is 4.00. The molecule has 0 N–H and O–H groups in total. The number of hydrogen-bond donors (Lipinski definition) is 0. The number of fused-ring (bicyclic) bond motifs is 15. The van der Waals surface area contributed by atoms with Gasteiger partial charge in [-0.2, -0.15) is 0 Å². The molecule has 74 heavy (non-hydrogen) atoms. The lowest BCUT2D eigenvalue weighted by Crippen LogP contribution is -2.60. The van der Waals surface area contributed by atoms with Crippen LogP contribution in [0.25, 0.3) is 63.6 Å². The van der Waals surface area contributed by atoms with E-state index in [9.17, 15) is 0 Å². The highest BCUT2D eigenvalue weighted by atomic mass is 32.1. The molecule has 14 rings (SSSR count). The topological polar surface area (TPSA) is 6.48 Å². The monoisotopic (exact) mass is 996 g/mol. The summed E-state index contributed by atoms with van der Waals surface area (Å²) < 4.78 is 5.45. The fourth-order valence-corrected chi connectivity index (χ4v) is 16.4. The Labute approximate surface area is 446 Å². The second kappa shape index (κ2) is 16.8. The summed E-state index contributed by atoms with van der Waals surface area (Å²) in [6.07, 6.45) is 9.28. The molecule has 4 heterocycles. The molecule has 366 valence electrons. The lowest BCUT2D eigenvalue weighted by Gasteiger charge is -2.46. The van der Waals surface area contributed by atoms with Gasteiger partial charge in [-0.25, -0.2) is 0 Å². The van der Waals surface area contributed by atoms with Crippen molar-refractivity contribution in [1.82, 2.24) is 0 Å². The van der Waals surface area contributed by atoms with Crippen molar-refractivity contribution in [3.63, 3.8) is 0 Å². The highest BCUT2D eigenvalue weighted by Gasteiger charge is 2.51. The van der Waals surface area contributed by atoms with E-state index in [0.29, 0.717) is 0 Å². The largest absolute Gasteiger partial charge is 0.375 e. The van der Waals surface area contributed by atoms with Gasteiger partial charge in [0.2, 0.25) is 0 Å². The second-order valence-electron chi connectivity index (χ2n) is 23.9. The van der Waals surface area contributed by atoms with Crippen LogP contribution < -0.4 is 20.0 Å². The lowest BCUT2D eigenvalue weighted by molar-refractivity contribution is 0.331. The Balaban J connectivity index is 1.15. The quantitative estimate of drug-likeness (QED) is 0.133. The van der Waals surface area contributed by atoms with Crippen LogP contribution in [-0.4, -0.2) is 6.85 Å². The first-order valence-electron chi connectivity index (χ1n) is 27.6. The minimum absolute atomic E-state index is 0.0754. The molecule has 2 aromatic heterocycles. The Morgan fingerprint density at radius 2 is 1.15 bits per heavy atom. The third kappa shape index (κ3) is 6.67. The molecule has 0 fully saturated rings. The zero-order valence-electron chi connectivity index (χ0n) is 44.4. The van der Waals surface area contributed by atoms with Crippen LogP contribution in [0.1, 0.15) is 127 Å². The average Bonchev–Trinajstić information content (AvgIpc) is 4.06. The fourth-order valence-electron chi connectivity index (χ4n) is 13.9. The SMILES string of the molecule is CCCCc1ccc(N2B3c4sc5ccccc5c4N(c4ccc(CCCC)cc4-c4ccccc4)c4cc5c(sc6ccccc65)c(c43)-c3ccc4c(c32)-c2cc3c(cc2C4(C)C)C(C)(C)CCC3(C)C)cc1. The molecule has 0 atom stereocenters. The number of thiophene rings is 2. The molecule has 8 aromatic carbocycles. The maximum atomic E-state index is 2.85. The van der Waals surface area contributed by atoms with Crippen molar-refractivity contribution < 1.29 is 0 Å². The Kier molecular flexibility index (Phi) is 10.5. The molecular weight excluding hydrogens is 932 g/mol. The van der Waals surface area contributed by atoms with Crippen molar-refractivity contribution in [2.75, 3.05) is 9.71 Å². The van der Waals surface area contributed by atoms with E-state index in [0.717, 1.165) is 12.8 Å². The molecular formula is C69H65BN2S2. The fraction of sp³-hybridized carbons (Fsp3) is 0.275. The summed E-state index contributed by atoms with van der Waals surface area (Å²) in [5, 5.41) is 3.98. The first-order valence-corrected chi connectivity index (χ1v) is 29.2. The molecule has 10 aromatic rings. The number of rotatable bonds is 9. The predicted octanol–water partition coefficient (Wildman–Crippen LogP) is 19.0. The Bertz CT molecular complexity index is 3930. The maximum absolute atomic E-state index is 2.85. The molecule has 0 amide bonds. The van der Waals surface area contributed by atoms with E-state index in [2.05, 4.69) is 217 Å². The van der Waals surface area contributed by atoms with E-state index in [1.807, 2.05) is 22.7 Å². The van der Waals surface area contributed by atoms with Gasteiger partial charge in [0.05, 0.1) is 11.4 Å². The Morgan fingerprint density at radius 3 is 1.88 bits per heavy atom. The summed E-state index contributed by atoms with van der Waals surface area (Å²) in [5.74, 6) is 0. The number of anilines is 5. The molecule has 5 heteroatoms. The van der Waals surface area contributed by atoms with Crippen LogP contribution in [0, 0.1) is 0 Å². The third-order valence-corrected chi connectivity index (χ3v) is 20.5. The number of unbranched alkanes of at least 4 members (excludes halogenated alkanes) is 2. The molecule has 0 spiro atoms. The summed E-state index contributed by atoms with van der Waals surface area (Å²) in [6.45, 7) is 19.5. The normalized spacial score (nSPS) is 16.3. The maximum Gasteiger partial charge on any atom is 0.343 e. The van der Waals surface area contributed by atoms with Gasteiger partial charge in [0.15, 0.2) is 0 Å². The zero-order chi connectivity index (χ0) is 50.4. The van der Waals surface area contributed by atoms with Gasteiger partial charge in [-0.1, -0.05) is 171 Å². The van der Waals surface area contributed by atoms with E-state index in [1.165, 1.54) is 169 Å². The molecule has 2 aliphatic heterocycles. The van der Waals surface area contributed by atoms with Gasteiger partial charge in [0.25, 0.3) is 0 Å². The van der Waals surface area contributed by atoms with Crippen LogP contribution in [0.3, 0.4) is 0 Å². The molecule has 2 nitrogen and oxygen atoms in total. The van der Waals surface area contributed by atoms with Crippen LogP contribution >= 0.6 is 22.7 Å². The predicted molar refractivity (Wildman–Crippen MR) is 324 cm³/mol. The number of aryl methyl sites for hydroxylation is 2. The summed E-state index contributed by atoms with van der Waals surface area (Å²) in [4.78, 5) is 5.57. The van der Waals surface area contributed by atoms with Crippen molar-refractivity contribution >= 4 is 98.5 Å². The molecule has 2 aliphatic carbocycles. The smallest absolute Gasteiger partial charge is 0.343 e. The van der Waals surface area contributed by atoms with Crippen molar-refractivity contribution in [3.8, 4) is 33.4 Å². The third-order valence-electron chi connectivity index (χ3n) is 18.1. The summed E-state index contributed by atoms with van der Waals surface area (Å²) in [5.41, 5.74) is 24.7. The van der Waals surface area contributed by atoms with Crippen LogP contribution in [0.15, 0.2) is 152 Å². The van der Waals surface area contributed by atoms with Gasteiger partial charge in [-0.15, -0.1) is 22.7 Å². The van der Waals surface area contributed by atoms with Gasteiger partial charge in [-0.05, 0) is 148 Å². The average molecular weight is 997 g/mol. The van der Waals surface area contributed by atoms with Gasteiger partial charge in [-0.3, -0.25) is 0 Å². The molecule has 0 saturated heterocycles. The van der Waals surface area contributed by atoms with Gasteiger partial charge >= 0.3 is 6.85 Å². The number of nitrogens with zero attached hydrogens (tertiary/aromatic N) is 2. The molecule has 0 radical (unpaired) electrons. The molecule has 0 unspecified atom stereocenters. The van der Waals surface area contributed by atoms with Gasteiger partial charge in [0.1, 0.15) is 0 Å². The van der Waals surface area contributed by atoms with Crippen LogP contribution in [0.4, 0.5) is 28.4 Å². The minimum Gasteiger partial charge on any atom is -0.375 e. The van der Waals surface area contributed by atoms with Crippen LogP contribution in [0.5, 0.6) is 0 Å². The van der Waals surface area contributed by atoms with E-state index in [-0.39, 0.29) is 23.1 Å². The molecule has 0 saturated carbocycles. The summed E-state index contributed by atoms with van der Waals surface area (Å²) in [6, 6.07) is 59.9. The highest BCUT2D eigenvalue weighted by molar-refractivity contribution is 7.33. The minimum atomic E-state index is -0.194. The number of hydrogen-bond acceptors (Lipinski definition) is 4.